The lowest BCUT2D eigenvalue weighted by molar-refractivity contribution is 0.186. The standard InChI is InChI=1S/C14H14N2O4/c1-19-13(17)15-11-7-8-12(16-14(18)20-2)10-6-4-3-5-9(10)11/h3-8H,1-2H3,(H,15,17)(H,16,18). The molecule has 0 aromatic heterocycles. The highest BCUT2D eigenvalue weighted by atomic mass is 16.5. The summed E-state index contributed by atoms with van der Waals surface area (Å²) in [5.41, 5.74) is 1.20. The number of rotatable bonds is 2. The van der Waals surface area contributed by atoms with E-state index in [1.807, 2.05) is 24.3 Å². The zero-order valence-corrected chi connectivity index (χ0v) is 11.1. The van der Waals surface area contributed by atoms with Crippen LogP contribution in [0.25, 0.3) is 10.8 Å². The summed E-state index contributed by atoms with van der Waals surface area (Å²) in [6, 6.07) is 10.7. The van der Waals surface area contributed by atoms with Crippen LogP contribution in [0.2, 0.25) is 0 Å². The fourth-order valence-corrected chi connectivity index (χ4v) is 1.84. The summed E-state index contributed by atoms with van der Waals surface area (Å²) in [5.74, 6) is 0. The van der Waals surface area contributed by atoms with Crippen LogP contribution in [0.5, 0.6) is 0 Å². The predicted octanol–water partition coefficient (Wildman–Crippen LogP) is 3.20. The highest BCUT2D eigenvalue weighted by Gasteiger charge is 2.10. The molecule has 0 aliphatic heterocycles. The molecule has 6 heteroatoms. The molecule has 0 bridgehead atoms. The van der Waals surface area contributed by atoms with Gasteiger partial charge in [-0.1, -0.05) is 24.3 Å². The van der Waals surface area contributed by atoms with Crippen molar-refractivity contribution in [1.29, 1.82) is 0 Å². The predicted molar refractivity (Wildman–Crippen MR) is 76.0 cm³/mol. The first-order valence-electron chi connectivity index (χ1n) is 5.87. The molecule has 0 saturated heterocycles. The van der Waals surface area contributed by atoms with Crippen molar-refractivity contribution >= 4 is 34.3 Å². The van der Waals surface area contributed by atoms with Crippen molar-refractivity contribution in [3.05, 3.63) is 36.4 Å². The van der Waals surface area contributed by atoms with Crippen LogP contribution in [0.4, 0.5) is 21.0 Å². The van der Waals surface area contributed by atoms with Gasteiger partial charge in [-0.25, -0.2) is 9.59 Å². The normalized spacial score (nSPS) is 9.90. The molecule has 0 aliphatic carbocycles. The molecule has 2 aromatic rings. The minimum Gasteiger partial charge on any atom is -0.453 e. The number of ether oxygens (including phenoxy) is 2. The minimum absolute atomic E-state index is 0.552. The lowest BCUT2D eigenvalue weighted by Gasteiger charge is -2.12. The fraction of sp³-hybridized carbons (Fsp3) is 0.143. The van der Waals surface area contributed by atoms with Crippen molar-refractivity contribution in [2.75, 3.05) is 24.9 Å². The van der Waals surface area contributed by atoms with Gasteiger partial charge in [0.2, 0.25) is 0 Å². The maximum Gasteiger partial charge on any atom is 0.411 e. The second kappa shape index (κ2) is 5.92. The molecule has 0 fully saturated rings. The third kappa shape index (κ3) is 2.80. The van der Waals surface area contributed by atoms with Crippen LogP contribution in [0, 0.1) is 0 Å². The monoisotopic (exact) mass is 274 g/mol. The van der Waals surface area contributed by atoms with Gasteiger partial charge in [-0.05, 0) is 12.1 Å². The molecule has 104 valence electrons. The van der Waals surface area contributed by atoms with Gasteiger partial charge in [0.15, 0.2) is 0 Å². The van der Waals surface area contributed by atoms with E-state index in [-0.39, 0.29) is 0 Å². The molecule has 6 nitrogen and oxygen atoms in total. The van der Waals surface area contributed by atoms with Crippen LogP contribution in [0.3, 0.4) is 0 Å². The number of fused-ring (bicyclic) bond motifs is 1. The second-order valence-corrected chi connectivity index (χ2v) is 3.94. The van der Waals surface area contributed by atoms with Crippen molar-refractivity contribution < 1.29 is 19.1 Å². The van der Waals surface area contributed by atoms with Gasteiger partial charge in [-0.3, -0.25) is 10.6 Å². The largest absolute Gasteiger partial charge is 0.453 e. The Balaban J connectivity index is 2.46. The summed E-state index contributed by atoms with van der Waals surface area (Å²) in [6.45, 7) is 0. The second-order valence-electron chi connectivity index (χ2n) is 3.94. The van der Waals surface area contributed by atoms with Gasteiger partial charge < -0.3 is 9.47 Å². The maximum atomic E-state index is 11.3. The summed E-state index contributed by atoms with van der Waals surface area (Å²) >= 11 is 0. The van der Waals surface area contributed by atoms with Crippen molar-refractivity contribution in [2.45, 2.75) is 0 Å². The Labute approximate surface area is 115 Å². The van der Waals surface area contributed by atoms with E-state index in [1.165, 1.54) is 14.2 Å². The molecule has 0 unspecified atom stereocenters. The van der Waals surface area contributed by atoms with Gasteiger partial charge in [0.25, 0.3) is 0 Å². The van der Waals surface area contributed by atoms with E-state index >= 15 is 0 Å². The number of methoxy groups -OCH3 is 2. The third-order valence-electron chi connectivity index (χ3n) is 2.77. The zero-order valence-electron chi connectivity index (χ0n) is 11.1. The SMILES string of the molecule is COC(=O)Nc1ccc(NC(=O)OC)c2ccccc12. The van der Waals surface area contributed by atoms with E-state index in [0.717, 1.165) is 10.8 Å². The van der Waals surface area contributed by atoms with Crippen LogP contribution in [-0.2, 0) is 9.47 Å². The summed E-state index contributed by atoms with van der Waals surface area (Å²) in [7, 11) is 2.59. The smallest absolute Gasteiger partial charge is 0.411 e. The number of carbonyl (C=O) groups excluding carboxylic acids is 2. The first-order chi connectivity index (χ1) is 9.65. The number of anilines is 2. The Morgan fingerprint density at radius 2 is 1.20 bits per heavy atom. The van der Waals surface area contributed by atoms with E-state index < -0.39 is 12.2 Å². The summed E-state index contributed by atoms with van der Waals surface area (Å²) in [5, 5.41) is 6.82. The number of carbonyl (C=O) groups is 2. The Morgan fingerprint density at radius 3 is 1.55 bits per heavy atom. The van der Waals surface area contributed by atoms with Gasteiger partial charge in [0, 0.05) is 10.8 Å². The van der Waals surface area contributed by atoms with Crippen LogP contribution in [-0.4, -0.2) is 26.4 Å². The number of nitrogens with one attached hydrogen (secondary N) is 2. The first kappa shape index (κ1) is 13.7. The van der Waals surface area contributed by atoms with Crippen molar-refractivity contribution in [2.24, 2.45) is 0 Å². The molecular weight excluding hydrogens is 260 g/mol. The Hall–Kier alpha value is -2.76. The molecule has 2 rings (SSSR count). The zero-order chi connectivity index (χ0) is 14.5. The first-order valence-corrected chi connectivity index (χ1v) is 5.87. The quantitative estimate of drug-likeness (QED) is 0.881. The topological polar surface area (TPSA) is 76.7 Å². The molecule has 0 aliphatic rings. The van der Waals surface area contributed by atoms with E-state index in [9.17, 15) is 9.59 Å². The molecule has 2 N–H and O–H groups in total. The number of amides is 2. The molecule has 0 atom stereocenters. The minimum atomic E-state index is -0.552. The lowest BCUT2D eigenvalue weighted by atomic mass is 10.1. The Kier molecular flexibility index (Phi) is 4.05. The number of benzene rings is 2. The fourth-order valence-electron chi connectivity index (χ4n) is 1.84. The molecule has 0 radical (unpaired) electrons. The Bertz CT molecular complexity index is 598. The van der Waals surface area contributed by atoms with Gasteiger partial charge in [-0.15, -0.1) is 0 Å². The van der Waals surface area contributed by atoms with Crippen LogP contribution >= 0.6 is 0 Å². The van der Waals surface area contributed by atoms with Crippen LogP contribution in [0.1, 0.15) is 0 Å². The van der Waals surface area contributed by atoms with E-state index in [0.29, 0.717) is 11.4 Å². The van der Waals surface area contributed by atoms with Gasteiger partial charge >= 0.3 is 12.2 Å². The molecule has 20 heavy (non-hydrogen) atoms. The summed E-state index contributed by atoms with van der Waals surface area (Å²) < 4.78 is 9.15. The van der Waals surface area contributed by atoms with E-state index in [1.54, 1.807) is 12.1 Å². The number of hydrogen-bond acceptors (Lipinski definition) is 4. The van der Waals surface area contributed by atoms with Crippen molar-refractivity contribution in [1.82, 2.24) is 0 Å². The average molecular weight is 274 g/mol. The number of hydrogen-bond donors (Lipinski definition) is 2. The molecule has 0 heterocycles. The highest BCUT2D eigenvalue weighted by Crippen LogP contribution is 2.30. The summed E-state index contributed by atoms with van der Waals surface area (Å²) in [6.07, 6.45) is -1.10. The average Bonchev–Trinajstić information content (AvgIpc) is 2.49. The Morgan fingerprint density at radius 1 is 0.800 bits per heavy atom. The summed E-state index contributed by atoms with van der Waals surface area (Å²) in [4.78, 5) is 22.6. The van der Waals surface area contributed by atoms with Crippen LogP contribution in [0.15, 0.2) is 36.4 Å². The van der Waals surface area contributed by atoms with E-state index in [2.05, 4.69) is 20.1 Å². The van der Waals surface area contributed by atoms with Crippen molar-refractivity contribution in [3.63, 3.8) is 0 Å². The van der Waals surface area contributed by atoms with Gasteiger partial charge in [-0.2, -0.15) is 0 Å². The van der Waals surface area contributed by atoms with Gasteiger partial charge in [0.05, 0.1) is 25.6 Å². The molecular formula is C14H14N2O4. The highest BCUT2D eigenvalue weighted by molar-refractivity contribution is 6.07. The van der Waals surface area contributed by atoms with Crippen molar-refractivity contribution in [3.8, 4) is 0 Å². The molecule has 2 amide bonds. The molecule has 0 saturated carbocycles. The lowest BCUT2D eigenvalue weighted by Crippen LogP contribution is -2.13. The van der Waals surface area contributed by atoms with Crippen LogP contribution < -0.4 is 10.6 Å². The molecule has 0 spiro atoms. The van der Waals surface area contributed by atoms with Gasteiger partial charge in [0.1, 0.15) is 0 Å². The molecule has 2 aromatic carbocycles. The maximum absolute atomic E-state index is 11.3. The van der Waals surface area contributed by atoms with E-state index in [4.69, 9.17) is 0 Å². The third-order valence-corrected chi connectivity index (χ3v) is 2.77.